The fraction of sp³-hybridized carbons (Fsp3) is 0.594. The molecule has 0 spiro atoms. The van der Waals surface area contributed by atoms with Crippen LogP contribution in [0.4, 0.5) is 5.69 Å². The third-order valence-corrected chi connectivity index (χ3v) is 10.9. The van der Waals surface area contributed by atoms with Crippen LogP contribution in [0.25, 0.3) is 0 Å². The molecule has 1 aliphatic heterocycles. The Balaban J connectivity index is 1.44. The van der Waals surface area contributed by atoms with Crippen molar-refractivity contribution in [1.82, 2.24) is 10.2 Å². The molecule has 44 heavy (non-hydrogen) atoms. The molecule has 11 nitrogen and oxygen atoms in total. The molecule has 1 aliphatic carbocycles. The molecule has 2 heterocycles. The molecule has 0 bridgehead atoms. The van der Waals surface area contributed by atoms with Crippen molar-refractivity contribution in [3.8, 4) is 5.75 Å². The van der Waals surface area contributed by atoms with Gasteiger partial charge < -0.3 is 20.1 Å². The van der Waals surface area contributed by atoms with Crippen LogP contribution in [-0.2, 0) is 25.5 Å². The Labute approximate surface area is 261 Å². The molecule has 5 atom stereocenters. The van der Waals surface area contributed by atoms with Crippen molar-refractivity contribution in [3.05, 3.63) is 56.0 Å². The van der Waals surface area contributed by atoms with Crippen LogP contribution in [0, 0.1) is 26.6 Å². The summed E-state index contributed by atoms with van der Waals surface area (Å²) < 4.78 is 5.92. The van der Waals surface area contributed by atoms with E-state index in [0.717, 1.165) is 19.3 Å². The smallest absolute Gasteiger partial charge is 0.329 e. The lowest BCUT2D eigenvalue weighted by Crippen LogP contribution is -2.49. The number of esters is 1. The van der Waals surface area contributed by atoms with Crippen LogP contribution in [0.3, 0.4) is 0 Å². The van der Waals surface area contributed by atoms with Crippen LogP contribution < -0.4 is 5.32 Å². The zero-order valence-electron chi connectivity index (χ0n) is 25.9. The van der Waals surface area contributed by atoms with E-state index in [4.69, 9.17) is 4.74 Å². The monoisotopic (exact) mass is 626 g/mol. The number of hydrogen-bond acceptors (Lipinski definition) is 10. The number of ether oxygens (including phenoxy) is 1. The minimum absolute atomic E-state index is 0.111. The molecular weight excluding hydrogens is 584 g/mol. The molecule has 1 aromatic carbocycles. The van der Waals surface area contributed by atoms with Crippen molar-refractivity contribution < 1.29 is 24.2 Å². The van der Waals surface area contributed by atoms with E-state index in [1.807, 2.05) is 6.92 Å². The lowest BCUT2D eigenvalue weighted by atomic mass is 9.66. The van der Waals surface area contributed by atoms with Gasteiger partial charge >= 0.3 is 5.97 Å². The summed E-state index contributed by atoms with van der Waals surface area (Å²) in [5, 5.41) is 20.0. The summed E-state index contributed by atoms with van der Waals surface area (Å²) in [6.07, 6.45) is 3.56. The minimum atomic E-state index is -1.41. The molecule has 1 saturated heterocycles. The van der Waals surface area contributed by atoms with Crippen molar-refractivity contribution in [3.63, 3.8) is 0 Å². The van der Waals surface area contributed by atoms with E-state index in [-0.39, 0.29) is 34.8 Å². The highest BCUT2D eigenvalue weighted by molar-refractivity contribution is 7.10. The Morgan fingerprint density at radius 2 is 1.91 bits per heavy atom. The van der Waals surface area contributed by atoms with E-state index in [2.05, 4.69) is 43.4 Å². The minimum Gasteiger partial charge on any atom is -0.506 e. The fourth-order valence-electron chi connectivity index (χ4n) is 6.47. The maximum absolute atomic E-state index is 13.9. The molecule has 2 aliphatic rings. The molecule has 1 saturated carbocycles. The van der Waals surface area contributed by atoms with Gasteiger partial charge in [0.15, 0.2) is 6.04 Å². The molecular formula is C32H42N4O7S. The highest BCUT2D eigenvalue weighted by atomic mass is 32.1. The summed E-state index contributed by atoms with van der Waals surface area (Å²) in [5.41, 5.74) is 0.529. The molecule has 2 fully saturated rings. The van der Waals surface area contributed by atoms with Crippen LogP contribution in [0.15, 0.2) is 46.1 Å². The number of hydrogen-bond donors (Lipinski definition) is 2. The topological polar surface area (TPSA) is 155 Å². The lowest BCUT2D eigenvalue weighted by Gasteiger charge is -2.40. The zero-order valence-corrected chi connectivity index (χ0v) is 26.8. The van der Waals surface area contributed by atoms with E-state index in [0.29, 0.717) is 35.7 Å². The number of aromatic hydroxyl groups is 1. The first kappa shape index (κ1) is 33.2. The van der Waals surface area contributed by atoms with E-state index < -0.39 is 35.9 Å². The van der Waals surface area contributed by atoms with E-state index in [1.54, 1.807) is 17.5 Å². The third kappa shape index (κ3) is 7.00. The number of carbonyl (C=O) groups excluding carboxylic acids is 3. The Morgan fingerprint density at radius 1 is 1.16 bits per heavy atom. The van der Waals surface area contributed by atoms with E-state index >= 15 is 0 Å². The second kappa shape index (κ2) is 13.5. The number of thiophene rings is 1. The number of phenols is 1. The van der Waals surface area contributed by atoms with Crippen LogP contribution >= 0.6 is 11.3 Å². The van der Waals surface area contributed by atoms with Gasteiger partial charge in [-0.05, 0) is 90.1 Å². The molecule has 238 valence electrons. The van der Waals surface area contributed by atoms with Crippen LogP contribution in [-0.4, -0.2) is 52.5 Å². The summed E-state index contributed by atoms with van der Waals surface area (Å²) in [6, 6.07) is 4.11. The normalized spacial score (nSPS) is 22.5. The summed E-state index contributed by atoms with van der Waals surface area (Å²) >= 11 is 1.27. The van der Waals surface area contributed by atoms with Gasteiger partial charge in [-0.15, -0.1) is 21.2 Å². The fourth-order valence-corrected chi connectivity index (χ4v) is 7.24. The Hall–Kier alpha value is -3.67. The lowest BCUT2D eigenvalue weighted by molar-refractivity contribution is -0.159. The maximum Gasteiger partial charge on any atom is 0.329 e. The molecule has 2 N–H and O–H groups in total. The number of nitrogens with zero attached hydrogens (tertiary/aromatic N) is 3. The standard InChI is InChI=1S/C32H42N4O7S/c1-19(16-21-12-13-31(2,3)32(21,4)5)43-30(40)24-8-6-14-36(24)29(39)27(26-9-7-15-44-26)33-28(38)23(35-42)17-20-10-11-22(34-41)25(37)18-20/h7,9-11,15,18-19,21,23-24,27,37H,6,8,12-14,16-17H2,1-5H3,(H,33,38). The predicted molar refractivity (Wildman–Crippen MR) is 167 cm³/mol. The largest absolute Gasteiger partial charge is 0.506 e. The first-order valence-corrected chi connectivity index (χ1v) is 16.0. The number of phenolic OH excluding ortho intramolecular Hbond substituents is 1. The summed E-state index contributed by atoms with van der Waals surface area (Å²) in [4.78, 5) is 65.0. The maximum atomic E-state index is 13.9. The van der Waals surface area contributed by atoms with Crippen LogP contribution in [0.2, 0.25) is 0 Å². The van der Waals surface area contributed by atoms with Crippen molar-refractivity contribution in [2.75, 3.05) is 6.54 Å². The zero-order chi connectivity index (χ0) is 32.2. The number of rotatable bonds is 12. The molecule has 2 amide bonds. The van der Waals surface area contributed by atoms with Crippen molar-refractivity contribution in [2.45, 2.75) is 97.4 Å². The molecule has 2 aromatic rings. The summed E-state index contributed by atoms with van der Waals surface area (Å²) in [6.45, 7) is 11.4. The van der Waals surface area contributed by atoms with Crippen LogP contribution in [0.1, 0.15) is 83.2 Å². The van der Waals surface area contributed by atoms with Gasteiger partial charge in [0.2, 0.25) is 5.91 Å². The third-order valence-electron chi connectivity index (χ3n) is 9.98. The SMILES string of the molecule is CC(CC1CCC(C)(C)C1(C)C)OC(=O)C1CCCN1C(=O)C(NC(=O)C(Cc1ccc(N=O)c(O)c1)N=O)c1cccs1. The second-order valence-corrected chi connectivity index (χ2v) is 14.2. The number of amides is 2. The van der Waals surface area contributed by atoms with Crippen LogP contribution in [0.5, 0.6) is 5.75 Å². The molecule has 5 unspecified atom stereocenters. The quantitative estimate of drug-likeness (QED) is 0.211. The van der Waals surface area contributed by atoms with E-state index in [1.165, 1.54) is 34.4 Å². The van der Waals surface area contributed by atoms with Crippen molar-refractivity contribution in [2.24, 2.45) is 27.1 Å². The molecule has 1 aromatic heterocycles. The average molecular weight is 627 g/mol. The van der Waals surface area contributed by atoms with Gasteiger partial charge in [0.1, 0.15) is 23.5 Å². The average Bonchev–Trinajstić information content (AvgIpc) is 3.72. The number of benzene rings is 1. The van der Waals surface area contributed by atoms with Crippen molar-refractivity contribution in [1.29, 1.82) is 0 Å². The van der Waals surface area contributed by atoms with Gasteiger partial charge in [0.05, 0.1) is 6.10 Å². The number of carbonyl (C=O) groups is 3. The highest BCUT2D eigenvalue weighted by Crippen LogP contribution is 2.57. The molecule has 0 radical (unpaired) electrons. The van der Waals surface area contributed by atoms with Gasteiger partial charge in [-0.25, -0.2) is 4.79 Å². The molecule has 12 heteroatoms. The van der Waals surface area contributed by atoms with Gasteiger partial charge in [-0.3, -0.25) is 9.59 Å². The summed E-state index contributed by atoms with van der Waals surface area (Å²) in [7, 11) is 0. The second-order valence-electron chi connectivity index (χ2n) is 13.2. The first-order chi connectivity index (χ1) is 20.8. The number of nitroso groups, excluding NO2 is 2. The van der Waals surface area contributed by atoms with Gasteiger partial charge in [-0.1, -0.05) is 45.0 Å². The van der Waals surface area contributed by atoms with Crippen molar-refractivity contribution >= 4 is 34.8 Å². The first-order valence-electron chi connectivity index (χ1n) is 15.1. The summed E-state index contributed by atoms with van der Waals surface area (Å²) in [5.74, 6) is -1.65. The molecule has 4 rings (SSSR count). The van der Waals surface area contributed by atoms with Gasteiger partial charge in [-0.2, -0.15) is 0 Å². The highest BCUT2D eigenvalue weighted by Gasteiger charge is 2.49. The van der Waals surface area contributed by atoms with Gasteiger partial charge in [0, 0.05) is 17.8 Å². The Kier molecular flexibility index (Phi) is 10.2. The Morgan fingerprint density at radius 3 is 2.50 bits per heavy atom. The number of likely N-dealkylation sites (tertiary alicyclic amines) is 1. The number of nitrogens with one attached hydrogen (secondary N) is 1. The van der Waals surface area contributed by atoms with E-state index in [9.17, 15) is 29.3 Å². The Bertz CT molecular complexity index is 1380. The predicted octanol–water partition coefficient (Wildman–Crippen LogP) is 6.16. The van der Waals surface area contributed by atoms with Gasteiger partial charge in [0.25, 0.3) is 5.91 Å².